The molecule has 1 aromatic rings. The van der Waals surface area contributed by atoms with E-state index in [-0.39, 0.29) is 5.41 Å². The molecule has 0 N–H and O–H groups in total. The maximum absolute atomic E-state index is 12.1. The van der Waals surface area contributed by atoms with E-state index in [1.807, 2.05) is 18.7 Å². The molecule has 0 radical (unpaired) electrons. The Kier molecular flexibility index (Phi) is 4.02. The van der Waals surface area contributed by atoms with E-state index in [0.717, 1.165) is 63.4 Å². The Bertz CT molecular complexity index is 498. The van der Waals surface area contributed by atoms with Gasteiger partial charge in [0.2, 0.25) is 5.91 Å². The van der Waals surface area contributed by atoms with Crippen molar-refractivity contribution in [1.82, 2.24) is 10.1 Å². The van der Waals surface area contributed by atoms with Gasteiger partial charge in [0, 0.05) is 37.1 Å². The minimum absolute atomic E-state index is 0.233. The number of aryl methyl sites for hydroxylation is 2. The quantitative estimate of drug-likeness (QED) is 0.854. The largest absolute Gasteiger partial charge is 0.381 e. The van der Waals surface area contributed by atoms with E-state index in [1.54, 1.807) is 0 Å². The summed E-state index contributed by atoms with van der Waals surface area (Å²) in [4.78, 5) is 14.2. The Balaban J connectivity index is 1.55. The molecule has 1 spiro atoms. The molecule has 5 heteroatoms. The number of likely N-dealkylation sites (tertiary alicyclic amines) is 1. The van der Waals surface area contributed by atoms with Crippen LogP contribution in [-0.4, -0.2) is 42.3 Å². The van der Waals surface area contributed by atoms with Gasteiger partial charge in [-0.2, -0.15) is 0 Å². The molecule has 0 saturated carbocycles. The Labute approximate surface area is 125 Å². The molecule has 3 rings (SSSR count). The second-order valence-electron chi connectivity index (χ2n) is 6.52. The number of hydrogen-bond donors (Lipinski definition) is 0. The van der Waals surface area contributed by atoms with Crippen LogP contribution in [0.15, 0.2) is 4.52 Å². The van der Waals surface area contributed by atoms with Gasteiger partial charge in [0.05, 0.1) is 12.3 Å². The van der Waals surface area contributed by atoms with Gasteiger partial charge in [0.15, 0.2) is 0 Å². The maximum Gasteiger partial charge on any atom is 0.222 e. The molecule has 2 aliphatic heterocycles. The summed E-state index contributed by atoms with van der Waals surface area (Å²) in [6, 6.07) is 0. The van der Waals surface area contributed by atoms with Crippen LogP contribution in [0.25, 0.3) is 0 Å². The van der Waals surface area contributed by atoms with Crippen LogP contribution >= 0.6 is 0 Å². The molecule has 3 heterocycles. The zero-order valence-corrected chi connectivity index (χ0v) is 13.0. The fraction of sp³-hybridized carbons (Fsp3) is 0.750. The van der Waals surface area contributed by atoms with Crippen LogP contribution in [0.5, 0.6) is 0 Å². The van der Waals surface area contributed by atoms with Gasteiger partial charge >= 0.3 is 0 Å². The van der Waals surface area contributed by atoms with Crippen LogP contribution < -0.4 is 0 Å². The molecule has 1 atom stereocenters. The van der Waals surface area contributed by atoms with Gasteiger partial charge in [-0.1, -0.05) is 5.16 Å². The molecule has 21 heavy (non-hydrogen) atoms. The van der Waals surface area contributed by atoms with E-state index in [4.69, 9.17) is 9.26 Å². The summed E-state index contributed by atoms with van der Waals surface area (Å²) >= 11 is 0. The monoisotopic (exact) mass is 292 g/mol. The minimum Gasteiger partial charge on any atom is -0.381 e. The lowest BCUT2D eigenvalue weighted by Crippen LogP contribution is -2.47. The fourth-order valence-corrected chi connectivity index (χ4v) is 3.58. The van der Waals surface area contributed by atoms with Crippen molar-refractivity contribution in [1.29, 1.82) is 0 Å². The number of piperidine rings is 1. The van der Waals surface area contributed by atoms with Gasteiger partial charge < -0.3 is 14.2 Å². The summed E-state index contributed by atoms with van der Waals surface area (Å²) < 4.78 is 10.7. The van der Waals surface area contributed by atoms with E-state index in [9.17, 15) is 4.79 Å². The van der Waals surface area contributed by atoms with Crippen molar-refractivity contribution in [3.8, 4) is 0 Å². The third kappa shape index (κ3) is 2.98. The zero-order valence-electron chi connectivity index (χ0n) is 13.0. The second-order valence-corrected chi connectivity index (χ2v) is 6.52. The lowest BCUT2D eigenvalue weighted by atomic mass is 9.79. The maximum atomic E-state index is 12.1. The molecular formula is C16H24N2O3. The van der Waals surface area contributed by atoms with Crippen molar-refractivity contribution in [3.05, 3.63) is 17.0 Å². The van der Waals surface area contributed by atoms with Gasteiger partial charge in [-0.3, -0.25) is 4.79 Å². The number of hydrogen-bond acceptors (Lipinski definition) is 4. The van der Waals surface area contributed by atoms with Crippen molar-refractivity contribution < 1.29 is 14.1 Å². The SMILES string of the molecule is Cc1noc(C)c1CCCN1CC2(CCOC2)CCC1=O. The number of ether oxygens (including phenoxy) is 1. The fourth-order valence-electron chi connectivity index (χ4n) is 3.58. The van der Waals surface area contributed by atoms with Crippen LogP contribution in [0.4, 0.5) is 0 Å². The number of nitrogens with zero attached hydrogens (tertiary/aromatic N) is 2. The molecule has 0 aromatic carbocycles. The van der Waals surface area contributed by atoms with Crippen molar-refractivity contribution in [2.45, 2.75) is 46.0 Å². The smallest absolute Gasteiger partial charge is 0.222 e. The number of carbonyl (C=O) groups excluding carboxylic acids is 1. The van der Waals surface area contributed by atoms with Gasteiger partial charge in [0.1, 0.15) is 5.76 Å². The second kappa shape index (κ2) is 5.79. The van der Waals surface area contributed by atoms with Gasteiger partial charge in [-0.25, -0.2) is 0 Å². The highest BCUT2D eigenvalue weighted by molar-refractivity contribution is 5.77. The topological polar surface area (TPSA) is 55.6 Å². The Morgan fingerprint density at radius 3 is 2.86 bits per heavy atom. The van der Waals surface area contributed by atoms with Crippen molar-refractivity contribution in [2.24, 2.45) is 5.41 Å². The summed E-state index contributed by atoms with van der Waals surface area (Å²) in [5.74, 6) is 1.20. The first-order valence-electron chi connectivity index (χ1n) is 7.87. The van der Waals surface area contributed by atoms with E-state index < -0.39 is 0 Å². The van der Waals surface area contributed by atoms with E-state index in [0.29, 0.717) is 12.3 Å². The van der Waals surface area contributed by atoms with Crippen molar-refractivity contribution in [3.63, 3.8) is 0 Å². The molecule has 116 valence electrons. The number of amides is 1. The first kappa shape index (κ1) is 14.6. The highest BCUT2D eigenvalue weighted by Crippen LogP contribution is 2.38. The van der Waals surface area contributed by atoms with Crippen molar-refractivity contribution in [2.75, 3.05) is 26.3 Å². The molecule has 0 bridgehead atoms. The molecule has 5 nitrogen and oxygen atoms in total. The zero-order chi connectivity index (χ0) is 14.9. The van der Waals surface area contributed by atoms with Crippen LogP contribution in [0.3, 0.4) is 0 Å². The molecule has 2 saturated heterocycles. The molecular weight excluding hydrogens is 268 g/mol. The van der Waals surface area contributed by atoms with E-state index in [1.165, 1.54) is 5.56 Å². The predicted molar refractivity (Wildman–Crippen MR) is 78.0 cm³/mol. The Morgan fingerprint density at radius 2 is 2.19 bits per heavy atom. The Morgan fingerprint density at radius 1 is 1.33 bits per heavy atom. The number of rotatable bonds is 4. The van der Waals surface area contributed by atoms with Crippen LogP contribution in [0.2, 0.25) is 0 Å². The predicted octanol–water partition coefficient (Wildman–Crippen LogP) is 2.25. The average Bonchev–Trinajstić information content (AvgIpc) is 3.04. The summed E-state index contributed by atoms with van der Waals surface area (Å²) in [7, 11) is 0. The molecule has 1 amide bonds. The molecule has 1 aromatic heterocycles. The van der Waals surface area contributed by atoms with E-state index >= 15 is 0 Å². The summed E-state index contributed by atoms with van der Waals surface area (Å²) in [6.07, 6.45) is 4.65. The molecule has 2 aliphatic rings. The van der Waals surface area contributed by atoms with Crippen molar-refractivity contribution >= 4 is 5.91 Å². The molecule has 0 aliphatic carbocycles. The summed E-state index contributed by atoms with van der Waals surface area (Å²) in [6.45, 7) is 7.29. The normalized spacial score (nSPS) is 26.0. The minimum atomic E-state index is 0.233. The van der Waals surface area contributed by atoms with Gasteiger partial charge in [-0.15, -0.1) is 0 Å². The molecule has 2 fully saturated rings. The highest BCUT2D eigenvalue weighted by atomic mass is 16.5. The highest BCUT2D eigenvalue weighted by Gasteiger charge is 2.41. The van der Waals surface area contributed by atoms with Crippen LogP contribution in [0.1, 0.15) is 42.7 Å². The van der Waals surface area contributed by atoms with Crippen LogP contribution in [-0.2, 0) is 16.0 Å². The number of carbonyl (C=O) groups is 1. The van der Waals surface area contributed by atoms with Gasteiger partial charge in [0.25, 0.3) is 0 Å². The first-order valence-corrected chi connectivity index (χ1v) is 7.87. The molecule has 1 unspecified atom stereocenters. The van der Waals surface area contributed by atoms with Crippen LogP contribution in [0, 0.1) is 19.3 Å². The summed E-state index contributed by atoms with van der Waals surface area (Å²) in [5, 5.41) is 3.98. The lowest BCUT2D eigenvalue weighted by Gasteiger charge is -2.39. The van der Waals surface area contributed by atoms with Gasteiger partial charge in [-0.05, 0) is 39.5 Å². The average molecular weight is 292 g/mol. The Hall–Kier alpha value is -1.36. The first-order chi connectivity index (χ1) is 10.1. The third-order valence-corrected chi connectivity index (χ3v) is 4.97. The standard InChI is InChI=1S/C16H24N2O3/c1-12-14(13(2)21-17-12)4-3-8-18-10-16(6-5-15(18)19)7-9-20-11-16/h3-11H2,1-2H3. The van der Waals surface area contributed by atoms with E-state index in [2.05, 4.69) is 5.16 Å². The lowest BCUT2D eigenvalue weighted by molar-refractivity contribution is -0.137. The number of aromatic nitrogens is 1. The summed E-state index contributed by atoms with van der Waals surface area (Å²) in [5.41, 5.74) is 2.40. The third-order valence-electron chi connectivity index (χ3n) is 4.97.